The van der Waals surface area contributed by atoms with Crippen LogP contribution in [0.3, 0.4) is 0 Å². The molecule has 3 atom stereocenters. The molecule has 2 aromatic carbocycles. The van der Waals surface area contributed by atoms with Gasteiger partial charge in [-0.05, 0) is 18.4 Å². The molecule has 0 saturated carbocycles. The highest BCUT2D eigenvalue weighted by molar-refractivity contribution is 5.96. The predicted octanol–water partition coefficient (Wildman–Crippen LogP) is 4.38. The van der Waals surface area contributed by atoms with Gasteiger partial charge in [-0.15, -0.1) is 0 Å². The molecule has 0 aliphatic carbocycles. The van der Waals surface area contributed by atoms with E-state index in [-0.39, 0.29) is 5.78 Å². The van der Waals surface area contributed by atoms with Crippen molar-refractivity contribution in [2.45, 2.75) is 50.3 Å². The number of carbonyl (C=O) groups excluding carboxylic acids is 1. The molecule has 3 heteroatoms. The topological polar surface area (TPSA) is 37.3 Å². The lowest BCUT2D eigenvalue weighted by Gasteiger charge is -2.48. The van der Waals surface area contributed by atoms with Crippen molar-refractivity contribution < 1.29 is 14.4 Å². The number of rotatable bonds is 6. The summed E-state index contributed by atoms with van der Waals surface area (Å²) in [6.45, 7) is 0. The minimum atomic E-state index is -0.442. The van der Waals surface area contributed by atoms with Gasteiger partial charge >= 0.3 is 0 Å². The molecular weight excluding hydrogens is 322 g/mol. The molecule has 1 aliphatic heterocycles. The van der Waals surface area contributed by atoms with Crippen molar-refractivity contribution >= 4 is 5.78 Å². The van der Waals surface area contributed by atoms with Crippen LogP contribution in [0, 0.1) is 0 Å². The Labute approximate surface area is 156 Å². The second kappa shape index (κ2) is 8.15. The Balaban J connectivity index is 1.68. The minimum absolute atomic E-state index is 0.228. The molecule has 3 nitrogen and oxygen atoms in total. The van der Waals surface area contributed by atoms with E-state index in [1.165, 1.54) is 0 Å². The second-order valence-electron chi connectivity index (χ2n) is 8.02. The quantitative estimate of drug-likeness (QED) is 0.619. The van der Waals surface area contributed by atoms with Gasteiger partial charge < -0.3 is 9.59 Å². The number of ketones is 1. The number of hydrogen-bond donors (Lipinski definition) is 1. The zero-order valence-electron chi connectivity index (χ0n) is 15.8. The van der Waals surface area contributed by atoms with Crippen LogP contribution in [0.4, 0.5) is 0 Å². The van der Waals surface area contributed by atoms with Gasteiger partial charge in [0.1, 0.15) is 0 Å². The van der Waals surface area contributed by atoms with Crippen LogP contribution >= 0.6 is 0 Å². The van der Waals surface area contributed by atoms with Crippen LogP contribution in [0.5, 0.6) is 0 Å². The van der Waals surface area contributed by atoms with Crippen molar-refractivity contribution in [3.63, 3.8) is 0 Å². The Morgan fingerprint density at radius 3 is 2.23 bits per heavy atom. The van der Waals surface area contributed by atoms with Crippen LogP contribution < -0.4 is 0 Å². The first-order chi connectivity index (χ1) is 12.5. The maximum atomic E-state index is 12.7. The summed E-state index contributed by atoms with van der Waals surface area (Å²) in [7, 11) is 4.45. The van der Waals surface area contributed by atoms with Crippen molar-refractivity contribution in [2.24, 2.45) is 0 Å². The summed E-state index contributed by atoms with van der Waals surface area (Å²) in [5.74, 6) is 0.228. The largest absolute Gasteiger partial charge is 0.388 e. The van der Waals surface area contributed by atoms with E-state index in [1.807, 2.05) is 60.7 Å². The SMILES string of the molecule is C[N+]1(C)[C@@H](CC(=O)c2ccccc2)CCC[C@H]1C[C@H](O)c1ccccc1. The maximum absolute atomic E-state index is 12.7. The molecule has 26 heavy (non-hydrogen) atoms. The predicted molar refractivity (Wildman–Crippen MR) is 105 cm³/mol. The third kappa shape index (κ3) is 4.22. The van der Waals surface area contributed by atoms with Crippen LogP contribution in [0.25, 0.3) is 0 Å². The number of Topliss-reactive ketones (excluding diaryl/α,β-unsaturated/α-hetero) is 1. The molecule has 0 unspecified atom stereocenters. The van der Waals surface area contributed by atoms with Crippen molar-refractivity contribution in [2.75, 3.05) is 14.1 Å². The molecule has 0 aromatic heterocycles. The Kier molecular flexibility index (Phi) is 5.90. The molecule has 0 amide bonds. The van der Waals surface area contributed by atoms with E-state index < -0.39 is 6.10 Å². The first-order valence-corrected chi connectivity index (χ1v) is 9.63. The summed E-state index contributed by atoms with van der Waals surface area (Å²) < 4.78 is 0.808. The van der Waals surface area contributed by atoms with Crippen LogP contribution in [-0.2, 0) is 0 Å². The number of piperidine rings is 1. The van der Waals surface area contributed by atoms with E-state index in [4.69, 9.17) is 0 Å². The molecule has 0 radical (unpaired) electrons. The number of aliphatic hydroxyl groups is 1. The molecule has 3 rings (SSSR count). The fourth-order valence-corrected chi connectivity index (χ4v) is 4.30. The number of benzene rings is 2. The first-order valence-electron chi connectivity index (χ1n) is 9.63. The highest BCUT2D eigenvalue weighted by atomic mass is 16.3. The number of hydrogen-bond acceptors (Lipinski definition) is 2. The van der Waals surface area contributed by atoms with Crippen molar-refractivity contribution in [1.82, 2.24) is 0 Å². The number of carbonyl (C=O) groups is 1. The average molecular weight is 352 g/mol. The van der Waals surface area contributed by atoms with E-state index in [9.17, 15) is 9.90 Å². The lowest BCUT2D eigenvalue weighted by atomic mass is 9.86. The van der Waals surface area contributed by atoms with Gasteiger partial charge in [0.15, 0.2) is 5.78 Å². The van der Waals surface area contributed by atoms with E-state index in [2.05, 4.69) is 14.1 Å². The smallest absolute Gasteiger partial charge is 0.168 e. The lowest BCUT2D eigenvalue weighted by Crippen LogP contribution is -2.59. The summed E-state index contributed by atoms with van der Waals surface area (Å²) in [5.41, 5.74) is 1.79. The fourth-order valence-electron chi connectivity index (χ4n) is 4.30. The van der Waals surface area contributed by atoms with Crippen LogP contribution in [-0.4, -0.2) is 41.6 Å². The van der Waals surface area contributed by atoms with E-state index in [0.717, 1.165) is 41.3 Å². The third-order valence-electron chi connectivity index (χ3n) is 6.15. The lowest BCUT2D eigenvalue weighted by molar-refractivity contribution is -0.944. The van der Waals surface area contributed by atoms with Crippen molar-refractivity contribution in [3.05, 3.63) is 71.8 Å². The molecule has 2 aromatic rings. The zero-order valence-corrected chi connectivity index (χ0v) is 15.8. The van der Waals surface area contributed by atoms with Gasteiger partial charge in [-0.2, -0.15) is 0 Å². The van der Waals surface area contributed by atoms with Gasteiger partial charge in [0, 0.05) is 18.4 Å². The molecule has 1 aliphatic rings. The molecule has 138 valence electrons. The number of quaternary nitrogens is 1. The highest BCUT2D eigenvalue weighted by Gasteiger charge is 2.41. The summed E-state index contributed by atoms with van der Waals surface area (Å²) >= 11 is 0. The summed E-state index contributed by atoms with van der Waals surface area (Å²) in [6, 6.07) is 20.2. The van der Waals surface area contributed by atoms with Gasteiger partial charge in [0.2, 0.25) is 0 Å². The number of likely N-dealkylation sites (tertiary alicyclic amines) is 1. The first kappa shape index (κ1) is 18.8. The van der Waals surface area contributed by atoms with Crippen molar-refractivity contribution in [3.8, 4) is 0 Å². The average Bonchev–Trinajstić information content (AvgIpc) is 2.66. The van der Waals surface area contributed by atoms with Gasteiger partial charge in [-0.3, -0.25) is 4.79 Å². The Morgan fingerprint density at radius 1 is 1.00 bits per heavy atom. The fraction of sp³-hybridized carbons (Fsp3) is 0.435. The van der Waals surface area contributed by atoms with Crippen LogP contribution in [0.2, 0.25) is 0 Å². The van der Waals surface area contributed by atoms with Gasteiger partial charge in [-0.25, -0.2) is 0 Å². The Morgan fingerprint density at radius 2 is 1.58 bits per heavy atom. The molecular formula is C23H30NO2+. The number of nitrogens with zero attached hydrogens (tertiary/aromatic N) is 1. The summed E-state index contributed by atoms with van der Waals surface area (Å²) in [5, 5.41) is 10.7. The van der Waals surface area contributed by atoms with E-state index in [0.29, 0.717) is 18.5 Å². The Hall–Kier alpha value is -1.97. The van der Waals surface area contributed by atoms with Gasteiger partial charge in [0.05, 0.1) is 38.7 Å². The van der Waals surface area contributed by atoms with E-state index in [1.54, 1.807) is 0 Å². The zero-order chi connectivity index (χ0) is 18.6. The molecule has 1 saturated heterocycles. The Bertz CT molecular complexity index is 712. The van der Waals surface area contributed by atoms with Gasteiger partial charge in [0.25, 0.3) is 0 Å². The van der Waals surface area contributed by atoms with Gasteiger partial charge in [-0.1, -0.05) is 60.7 Å². The monoisotopic (exact) mass is 352 g/mol. The maximum Gasteiger partial charge on any atom is 0.168 e. The van der Waals surface area contributed by atoms with E-state index >= 15 is 0 Å². The van der Waals surface area contributed by atoms with Crippen molar-refractivity contribution in [1.29, 1.82) is 0 Å². The normalized spacial score (nSPS) is 23.3. The third-order valence-corrected chi connectivity index (χ3v) is 6.15. The summed E-state index contributed by atoms with van der Waals surface area (Å²) in [4.78, 5) is 12.7. The second-order valence-corrected chi connectivity index (χ2v) is 8.02. The van der Waals surface area contributed by atoms with Crippen LogP contribution in [0.1, 0.15) is 54.1 Å². The summed E-state index contributed by atoms with van der Waals surface area (Å²) in [6.07, 6.45) is 4.18. The molecule has 0 bridgehead atoms. The molecule has 1 N–H and O–H groups in total. The molecule has 1 heterocycles. The minimum Gasteiger partial charge on any atom is -0.388 e. The number of aliphatic hydroxyl groups excluding tert-OH is 1. The standard InChI is InChI=1S/C23H30NO2/c1-24(2)20(16-22(25)18-10-5-3-6-11-18)14-9-15-21(24)17-23(26)19-12-7-4-8-13-19/h3-8,10-13,20-22,25H,9,14-17H2,1-2H3/q+1/t20-,21+,22-/m0/s1. The molecule has 0 spiro atoms. The molecule has 1 fully saturated rings. The van der Waals surface area contributed by atoms with Crippen LogP contribution in [0.15, 0.2) is 60.7 Å². The highest BCUT2D eigenvalue weighted by Crippen LogP contribution is 2.35.